The lowest BCUT2D eigenvalue weighted by atomic mass is 10.1. The number of anilines is 1. The molecule has 2 aromatic carbocycles. The molecule has 98 valence electrons. The fraction of sp³-hybridized carbons (Fsp3) is 0.0714. The summed E-state index contributed by atoms with van der Waals surface area (Å²) in [5, 5.41) is 2.79. The Morgan fingerprint density at radius 2 is 2.00 bits per heavy atom. The molecule has 1 N–H and O–H groups in total. The molecule has 2 rings (SSSR count). The lowest BCUT2D eigenvalue weighted by molar-refractivity contribution is 0.102. The third-order valence-corrected chi connectivity index (χ3v) is 3.77. The van der Waals surface area contributed by atoms with Crippen molar-refractivity contribution in [2.75, 3.05) is 5.32 Å². The van der Waals surface area contributed by atoms with Crippen LogP contribution in [0.1, 0.15) is 15.9 Å². The van der Waals surface area contributed by atoms with E-state index in [0.29, 0.717) is 20.7 Å². The molecule has 0 aliphatic rings. The maximum atomic E-state index is 13.0. The Morgan fingerprint density at radius 3 is 2.68 bits per heavy atom. The summed E-state index contributed by atoms with van der Waals surface area (Å²) in [6.07, 6.45) is 0. The van der Waals surface area contributed by atoms with Gasteiger partial charge in [-0.2, -0.15) is 0 Å². The van der Waals surface area contributed by atoms with Crippen LogP contribution in [0, 0.1) is 9.39 Å². The summed E-state index contributed by atoms with van der Waals surface area (Å²) in [4.78, 5) is 12.1. The first-order valence-corrected chi connectivity index (χ1v) is 7.13. The molecular weight excluding hydrogens is 380 g/mol. The van der Waals surface area contributed by atoms with Crippen LogP contribution in [0.2, 0.25) is 0 Å². The van der Waals surface area contributed by atoms with Crippen LogP contribution in [0.3, 0.4) is 0 Å². The summed E-state index contributed by atoms with van der Waals surface area (Å²) in [7, 11) is 0. The molecule has 0 unspecified atom stereocenters. The predicted molar refractivity (Wildman–Crippen MR) is 83.1 cm³/mol. The predicted octanol–water partition coefficient (Wildman–Crippen LogP) is 4.42. The molecule has 2 nitrogen and oxygen atoms in total. The number of rotatable bonds is 3. The molecule has 0 aliphatic carbocycles. The number of halogens is 3. The van der Waals surface area contributed by atoms with E-state index >= 15 is 0 Å². The van der Waals surface area contributed by atoms with E-state index in [1.54, 1.807) is 6.07 Å². The molecule has 1 amide bonds. The van der Waals surface area contributed by atoms with Crippen molar-refractivity contribution >= 4 is 45.8 Å². The molecule has 0 aliphatic heterocycles. The highest BCUT2D eigenvalue weighted by Gasteiger charge is 2.12. The summed E-state index contributed by atoms with van der Waals surface area (Å²) in [6, 6.07) is 11.4. The van der Waals surface area contributed by atoms with Crippen molar-refractivity contribution in [1.82, 2.24) is 0 Å². The minimum Gasteiger partial charge on any atom is -0.322 e. The van der Waals surface area contributed by atoms with E-state index in [-0.39, 0.29) is 11.7 Å². The first-order valence-electron chi connectivity index (χ1n) is 5.52. The van der Waals surface area contributed by atoms with Gasteiger partial charge in [-0.25, -0.2) is 4.39 Å². The zero-order valence-corrected chi connectivity index (χ0v) is 12.7. The monoisotopic (exact) mass is 389 g/mol. The molecule has 0 fully saturated rings. The number of hydrogen-bond acceptors (Lipinski definition) is 1. The van der Waals surface area contributed by atoms with Gasteiger partial charge >= 0.3 is 0 Å². The highest BCUT2D eigenvalue weighted by Crippen LogP contribution is 2.20. The van der Waals surface area contributed by atoms with Crippen LogP contribution in [0.15, 0.2) is 42.5 Å². The summed E-state index contributed by atoms with van der Waals surface area (Å²) in [5.41, 5.74) is 1.95. The van der Waals surface area contributed by atoms with Crippen molar-refractivity contribution < 1.29 is 9.18 Å². The quantitative estimate of drug-likeness (QED) is 0.611. The second-order valence-corrected chi connectivity index (χ2v) is 5.30. The van der Waals surface area contributed by atoms with Gasteiger partial charge in [0.05, 0.1) is 5.56 Å². The van der Waals surface area contributed by atoms with Crippen molar-refractivity contribution in [2.45, 2.75) is 5.88 Å². The van der Waals surface area contributed by atoms with Crippen LogP contribution in [0.4, 0.5) is 10.1 Å². The summed E-state index contributed by atoms with van der Waals surface area (Å²) in [5.74, 6) is -0.319. The lowest BCUT2D eigenvalue weighted by Gasteiger charge is -2.10. The van der Waals surface area contributed by atoms with Crippen molar-refractivity contribution in [3.63, 3.8) is 0 Å². The van der Waals surface area contributed by atoms with Crippen molar-refractivity contribution in [3.8, 4) is 0 Å². The largest absolute Gasteiger partial charge is 0.322 e. The number of para-hydroxylation sites is 1. The summed E-state index contributed by atoms with van der Waals surface area (Å²) in [6.45, 7) is 0. The molecule has 0 spiro atoms. The zero-order valence-electron chi connectivity index (χ0n) is 9.79. The van der Waals surface area contributed by atoms with Gasteiger partial charge in [0.15, 0.2) is 0 Å². The van der Waals surface area contributed by atoms with E-state index in [1.807, 2.05) is 40.8 Å². The molecule has 0 atom stereocenters. The normalized spacial score (nSPS) is 10.3. The standard InChI is InChI=1S/C14H10ClFINO/c15-8-9-3-1-2-4-13(9)18-14(19)11-6-5-10(16)7-12(11)17/h1-7H,8H2,(H,18,19). The topological polar surface area (TPSA) is 29.1 Å². The second kappa shape index (κ2) is 6.34. The van der Waals surface area contributed by atoms with Gasteiger partial charge in [-0.05, 0) is 52.4 Å². The Hall–Kier alpha value is -1.14. The van der Waals surface area contributed by atoms with Gasteiger partial charge in [-0.3, -0.25) is 4.79 Å². The van der Waals surface area contributed by atoms with Crippen molar-refractivity contribution in [2.24, 2.45) is 0 Å². The Morgan fingerprint density at radius 1 is 1.26 bits per heavy atom. The molecule has 0 bridgehead atoms. The molecule has 0 heterocycles. The fourth-order valence-electron chi connectivity index (χ4n) is 1.62. The lowest BCUT2D eigenvalue weighted by Crippen LogP contribution is -2.14. The minimum atomic E-state index is -0.359. The highest BCUT2D eigenvalue weighted by molar-refractivity contribution is 14.1. The number of carbonyl (C=O) groups excluding carboxylic acids is 1. The van der Waals surface area contributed by atoms with E-state index in [0.717, 1.165) is 5.56 Å². The molecule has 0 saturated carbocycles. The second-order valence-electron chi connectivity index (χ2n) is 3.87. The zero-order chi connectivity index (χ0) is 13.8. The number of alkyl halides is 1. The number of hydrogen-bond donors (Lipinski definition) is 1. The smallest absolute Gasteiger partial charge is 0.256 e. The van der Waals surface area contributed by atoms with Crippen LogP contribution >= 0.6 is 34.2 Å². The molecular formula is C14H10ClFINO. The maximum absolute atomic E-state index is 13.0. The maximum Gasteiger partial charge on any atom is 0.256 e. The fourth-order valence-corrected chi connectivity index (χ4v) is 2.58. The van der Waals surface area contributed by atoms with Crippen molar-refractivity contribution in [1.29, 1.82) is 0 Å². The van der Waals surface area contributed by atoms with E-state index in [2.05, 4.69) is 5.32 Å². The average molecular weight is 390 g/mol. The molecule has 19 heavy (non-hydrogen) atoms. The average Bonchev–Trinajstić information content (AvgIpc) is 2.39. The van der Waals surface area contributed by atoms with E-state index < -0.39 is 0 Å². The number of carbonyl (C=O) groups is 1. The van der Waals surface area contributed by atoms with Gasteiger partial charge in [0, 0.05) is 15.1 Å². The van der Waals surface area contributed by atoms with Crippen LogP contribution < -0.4 is 5.32 Å². The first-order chi connectivity index (χ1) is 9.11. The van der Waals surface area contributed by atoms with Gasteiger partial charge < -0.3 is 5.32 Å². The third kappa shape index (κ3) is 3.45. The molecule has 2 aromatic rings. The van der Waals surface area contributed by atoms with Gasteiger partial charge in [0.25, 0.3) is 5.91 Å². The Kier molecular flexibility index (Phi) is 4.76. The van der Waals surface area contributed by atoms with Crippen LogP contribution in [0.5, 0.6) is 0 Å². The van der Waals surface area contributed by atoms with Crippen LogP contribution in [0.25, 0.3) is 0 Å². The third-order valence-electron chi connectivity index (χ3n) is 2.59. The first kappa shape index (κ1) is 14.3. The number of nitrogens with one attached hydrogen (secondary N) is 1. The van der Waals surface area contributed by atoms with Gasteiger partial charge in [-0.1, -0.05) is 18.2 Å². The van der Waals surface area contributed by atoms with Crippen molar-refractivity contribution in [3.05, 3.63) is 63.0 Å². The van der Waals surface area contributed by atoms with E-state index in [1.165, 1.54) is 18.2 Å². The van der Waals surface area contributed by atoms with E-state index in [4.69, 9.17) is 11.6 Å². The van der Waals surface area contributed by atoms with Gasteiger partial charge in [-0.15, -0.1) is 11.6 Å². The number of benzene rings is 2. The van der Waals surface area contributed by atoms with Crippen LogP contribution in [-0.4, -0.2) is 5.91 Å². The van der Waals surface area contributed by atoms with Gasteiger partial charge in [0.1, 0.15) is 5.82 Å². The molecule has 0 aromatic heterocycles. The summed E-state index contributed by atoms with van der Waals surface area (Å²) >= 11 is 7.75. The highest BCUT2D eigenvalue weighted by atomic mass is 127. The SMILES string of the molecule is O=C(Nc1ccccc1CCl)c1ccc(F)cc1I. The molecule has 0 saturated heterocycles. The van der Waals surface area contributed by atoms with Crippen LogP contribution in [-0.2, 0) is 5.88 Å². The Balaban J connectivity index is 2.26. The molecule has 0 radical (unpaired) electrons. The summed E-state index contributed by atoms with van der Waals surface area (Å²) < 4.78 is 13.6. The number of amides is 1. The minimum absolute atomic E-state index is 0.276. The Bertz CT molecular complexity index is 618. The van der Waals surface area contributed by atoms with Gasteiger partial charge in [0.2, 0.25) is 0 Å². The molecule has 5 heteroatoms. The Labute approximate surface area is 129 Å². The van der Waals surface area contributed by atoms with E-state index in [9.17, 15) is 9.18 Å².